The van der Waals surface area contributed by atoms with E-state index in [-0.39, 0.29) is 0 Å². The van der Waals surface area contributed by atoms with Gasteiger partial charge in [-0.1, -0.05) is 38.8 Å². The van der Waals surface area contributed by atoms with Gasteiger partial charge in [0.25, 0.3) is 0 Å². The smallest absolute Gasteiger partial charge is 0.0204 e. The lowest BCUT2D eigenvalue weighted by Gasteiger charge is -2.21. The van der Waals surface area contributed by atoms with Gasteiger partial charge in [0.15, 0.2) is 0 Å². The lowest BCUT2D eigenvalue weighted by Crippen LogP contribution is -2.29. The van der Waals surface area contributed by atoms with Crippen LogP contribution in [0.5, 0.6) is 0 Å². The van der Waals surface area contributed by atoms with Gasteiger partial charge in [0.1, 0.15) is 0 Å². The van der Waals surface area contributed by atoms with Crippen LogP contribution >= 0.6 is 0 Å². The van der Waals surface area contributed by atoms with Crippen molar-refractivity contribution in [2.24, 2.45) is 11.8 Å². The number of rotatable bonds is 3. The van der Waals surface area contributed by atoms with Crippen molar-refractivity contribution < 1.29 is 0 Å². The predicted octanol–water partition coefficient (Wildman–Crippen LogP) is 3.32. The van der Waals surface area contributed by atoms with E-state index < -0.39 is 0 Å². The summed E-state index contributed by atoms with van der Waals surface area (Å²) in [4.78, 5) is 2.57. The molecule has 0 saturated heterocycles. The van der Waals surface area contributed by atoms with Crippen LogP contribution in [0, 0.1) is 11.8 Å². The van der Waals surface area contributed by atoms with E-state index in [4.69, 9.17) is 0 Å². The zero-order valence-electron chi connectivity index (χ0n) is 10.6. The molecule has 0 bridgehead atoms. The molecule has 0 saturated carbocycles. The van der Waals surface area contributed by atoms with Crippen LogP contribution in [0.3, 0.4) is 0 Å². The molecule has 0 unspecified atom stereocenters. The van der Waals surface area contributed by atoms with Gasteiger partial charge in [-0.05, 0) is 25.7 Å². The molecule has 14 heavy (non-hydrogen) atoms. The fourth-order valence-electron chi connectivity index (χ4n) is 2.17. The molecule has 0 atom stereocenters. The van der Waals surface area contributed by atoms with Gasteiger partial charge in [-0.25, -0.2) is 0 Å². The molecule has 0 aromatic heterocycles. The molecule has 0 fully saturated rings. The molecule has 1 nitrogen and oxygen atoms in total. The average molecular weight is 195 g/mol. The maximum absolute atomic E-state index is 2.57. The minimum Gasteiger partial charge on any atom is -0.293 e. The first-order valence-electron chi connectivity index (χ1n) is 5.89. The summed E-state index contributed by atoms with van der Waals surface area (Å²) >= 11 is 0. The van der Waals surface area contributed by atoms with Gasteiger partial charge in [0.05, 0.1) is 0 Å². The normalized spacial score (nSPS) is 19.5. The van der Waals surface area contributed by atoms with Crippen molar-refractivity contribution in [1.82, 2.24) is 4.90 Å². The van der Waals surface area contributed by atoms with E-state index in [0.717, 1.165) is 11.8 Å². The third-order valence-corrected chi connectivity index (χ3v) is 3.28. The Morgan fingerprint density at radius 2 is 1.14 bits per heavy atom. The van der Waals surface area contributed by atoms with E-state index in [1.54, 1.807) is 11.1 Å². The highest BCUT2D eigenvalue weighted by Gasteiger charge is 2.26. The zero-order valence-corrected chi connectivity index (χ0v) is 10.6. The van der Waals surface area contributed by atoms with Crippen LogP contribution in [0.1, 0.15) is 41.5 Å². The third kappa shape index (κ3) is 2.38. The van der Waals surface area contributed by atoms with Gasteiger partial charge in [0.2, 0.25) is 0 Å². The lowest BCUT2D eigenvalue weighted by atomic mass is 9.93. The second-order valence-electron chi connectivity index (χ2n) is 5.36. The fourth-order valence-corrected chi connectivity index (χ4v) is 2.17. The van der Waals surface area contributed by atoms with Crippen molar-refractivity contribution in [2.45, 2.75) is 47.6 Å². The van der Waals surface area contributed by atoms with Crippen molar-refractivity contribution in [3.05, 3.63) is 11.1 Å². The Labute approximate surface area is 89.2 Å². The first-order chi connectivity index (χ1) is 6.43. The molecule has 0 aromatic carbocycles. The Bertz CT molecular complexity index is 203. The molecule has 1 aliphatic rings. The van der Waals surface area contributed by atoms with Gasteiger partial charge in [-0.3, -0.25) is 4.90 Å². The molecule has 82 valence electrons. The summed E-state index contributed by atoms with van der Waals surface area (Å²) in [5, 5.41) is 0. The quantitative estimate of drug-likeness (QED) is 0.624. The van der Waals surface area contributed by atoms with Gasteiger partial charge >= 0.3 is 0 Å². The third-order valence-electron chi connectivity index (χ3n) is 3.28. The van der Waals surface area contributed by atoms with Crippen LogP contribution in [-0.2, 0) is 0 Å². The zero-order chi connectivity index (χ0) is 10.9. The summed E-state index contributed by atoms with van der Waals surface area (Å²) in [6, 6.07) is 0.681. The summed E-state index contributed by atoms with van der Waals surface area (Å²) in [7, 11) is 0. The molecule has 0 aliphatic carbocycles. The molecular formula is C13H25N. The maximum atomic E-state index is 2.57. The first kappa shape index (κ1) is 11.8. The largest absolute Gasteiger partial charge is 0.293 e. The lowest BCUT2D eigenvalue weighted by molar-refractivity contribution is 0.274. The summed E-state index contributed by atoms with van der Waals surface area (Å²) < 4.78 is 0. The SMILES string of the molecule is CC(C)C1=C(C(C)C)CN(C(C)C)C1. The van der Waals surface area contributed by atoms with E-state index in [9.17, 15) is 0 Å². The van der Waals surface area contributed by atoms with Gasteiger partial charge in [-0.15, -0.1) is 0 Å². The molecule has 1 heterocycles. The van der Waals surface area contributed by atoms with Gasteiger partial charge in [-0.2, -0.15) is 0 Å². The Kier molecular flexibility index (Phi) is 3.77. The molecule has 1 heteroatoms. The fraction of sp³-hybridized carbons (Fsp3) is 0.846. The molecule has 0 spiro atoms. The molecule has 0 radical (unpaired) electrons. The van der Waals surface area contributed by atoms with E-state index in [1.165, 1.54) is 13.1 Å². The Balaban J connectivity index is 2.79. The van der Waals surface area contributed by atoms with Crippen molar-refractivity contribution >= 4 is 0 Å². The molecule has 0 N–H and O–H groups in total. The minimum absolute atomic E-state index is 0.681. The number of nitrogens with zero attached hydrogens (tertiary/aromatic N) is 1. The molecule has 0 aromatic rings. The maximum Gasteiger partial charge on any atom is 0.0204 e. The van der Waals surface area contributed by atoms with E-state index >= 15 is 0 Å². The van der Waals surface area contributed by atoms with Crippen LogP contribution in [-0.4, -0.2) is 24.0 Å². The van der Waals surface area contributed by atoms with Crippen molar-refractivity contribution in [3.63, 3.8) is 0 Å². The second-order valence-corrected chi connectivity index (χ2v) is 5.36. The number of hydrogen-bond acceptors (Lipinski definition) is 1. The van der Waals surface area contributed by atoms with Gasteiger partial charge in [0, 0.05) is 19.1 Å². The monoisotopic (exact) mass is 195 g/mol. The van der Waals surface area contributed by atoms with Crippen LogP contribution < -0.4 is 0 Å². The Morgan fingerprint density at radius 1 is 0.786 bits per heavy atom. The summed E-state index contributed by atoms with van der Waals surface area (Å²) in [6.07, 6.45) is 0. The van der Waals surface area contributed by atoms with Gasteiger partial charge < -0.3 is 0 Å². The highest BCUT2D eigenvalue weighted by atomic mass is 15.2. The van der Waals surface area contributed by atoms with E-state index in [2.05, 4.69) is 46.4 Å². The molecular weight excluding hydrogens is 170 g/mol. The highest BCUT2D eigenvalue weighted by Crippen LogP contribution is 2.29. The van der Waals surface area contributed by atoms with E-state index in [0.29, 0.717) is 6.04 Å². The highest BCUT2D eigenvalue weighted by molar-refractivity contribution is 5.26. The topological polar surface area (TPSA) is 3.24 Å². The van der Waals surface area contributed by atoms with E-state index in [1.807, 2.05) is 0 Å². The minimum atomic E-state index is 0.681. The van der Waals surface area contributed by atoms with Crippen LogP contribution in [0.15, 0.2) is 11.1 Å². The Hall–Kier alpha value is -0.300. The molecule has 0 amide bonds. The summed E-state index contributed by atoms with van der Waals surface area (Å²) in [5.74, 6) is 1.44. The van der Waals surface area contributed by atoms with Crippen LogP contribution in [0.25, 0.3) is 0 Å². The number of hydrogen-bond donors (Lipinski definition) is 0. The second kappa shape index (κ2) is 4.48. The summed E-state index contributed by atoms with van der Waals surface area (Å²) in [6.45, 7) is 16.3. The Morgan fingerprint density at radius 3 is 1.36 bits per heavy atom. The predicted molar refractivity (Wildman–Crippen MR) is 63.4 cm³/mol. The van der Waals surface area contributed by atoms with Crippen LogP contribution in [0.4, 0.5) is 0 Å². The first-order valence-corrected chi connectivity index (χ1v) is 5.89. The molecule has 1 rings (SSSR count). The molecule has 1 aliphatic heterocycles. The van der Waals surface area contributed by atoms with Crippen molar-refractivity contribution in [3.8, 4) is 0 Å². The van der Waals surface area contributed by atoms with Crippen molar-refractivity contribution in [1.29, 1.82) is 0 Å². The van der Waals surface area contributed by atoms with Crippen molar-refractivity contribution in [2.75, 3.05) is 13.1 Å². The standard InChI is InChI=1S/C13H25N/c1-9(2)12-7-14(11(5)6)8-13(12)10(3)4/h9-11H,7-8H2,1-6H3. The van der Waals surface area contributed by atoms with Crippen LogP contribution in [0.2, 0.25) is 0 Å². The summed E-state index contributed by atoms with van der Waals surface area (Å²) in [5.41, 5.74) is 3.38. The average Bonchev–Trinajstić information content (AvgIpc) is 2.47.